The highest BCUT2D eigenvalue weighted by Gasteiger charge is 2.39. The van der Waals surface area contributed by atoms with Crippen LogP contribution in [0.3, 0.4) is 0 Å². The van der Waals surface area contributed by atoms with Crippen molar-refractivity contribution in [3.8, 4) is 0 Å². The Bertz CT molecular complexity index is 3070. The van der Waals surface area contributed by atoms with Gasteiger partial charge in [-0.2, -0.15) is 0 Å². The summed E-state index contributed by atoms with van der Waals surface area (Å²) in [5, 5.41) is 4.76. The molecule has 2 heterocycles. The molecule has 4 heteroatoms. The van der Waals surface area contributed by atoms with E-state index in [1.165, 1.54) is 43.8 Å². The van der Waals surface area contributed by atoms with Crippen molar-refractivity contribution in [2.24, 2.45) is 0 Å². The first kappa shape index (κ1) is 44.3. The maximum atomic E-state index is 6.54. The van der Waals surface area contributed by atoms with Gasteiger partial charge in [-0.1, -0.05) is 152 Å². The molecule has 0 radical (unpaired) electrons. The molecular formula is C61H61N3O. The van der Waals surface area contributed by atoms with Crippen LogP contribution < -0.4 is 14.7 Å². The van der Waals surface area contributed by atoms with Gasteiger partial charge in [0.25, 0.3) is 0 Å². The Morgan fingerprint density at radius 3 is 2.05 bits per heavy atom. The predicted molar refractivity (Wildman–Crippen MR) is 281 cm³/mol. The normalized spacial score (nSPS) is 15.1. The van der Waals surface area contributed by atoms with Crippen LogP contribution in [-0.2, 0) is 10.2 Å². The smallest absolute Gasteiger partial charge is 0.151 e. The summed E-state index contributed by atoms with van der Waals surface area (Å²) in [4.78, 5) is 7.11. The van der Waals surface area contributed by atoms with Crippen LogP contribution in [0.25, 0.3) is 21.5 Å². The van der Waals surface area contributed by atoms with E-state index in [9.17, 15) is 0 Å². The number of benzene rings is 6. The van der Waals surface area contributed by atoms with E-state index in [4.69, 9.17) is 4.74 Å². The molecule has 326 valence electrons. The van der Waals surface area contributed by atoms with E-state index in [0.717, 1.165) is 69.0 Å². The molecule has 65 heavy (non-hydrogen) atoms. The second kappa shape index (κ2) is 18.1. The molecule has 2 aliphatic heterocycles. The first-order valence-electron chi connectivity index (χ1n) is 22.8. The average molecular weight is 852 g/mol. The Balaban J connectivity index is 1.48. The van der Waals surface area contributed by atoms with E-state index < -0.39 is 0 Å². The van der Waals surface area contributed by atoms with E-state index in [1.807, 2.05) is 25.2 Å². The maximum absolute atomic E-state index is 6.54. The lowest BCUT2D eigenvalue weighted by Gasteiger charge is -2.44. The van der Waals surface area contributed by atoms with Crippen LogP contribution in [0.15, 0.2) is 218 Å². The third kappa shape index (κ3) is 7.67. The monoisotopic (exact) mass is 851 g/mol. The van der Waals surface area contributed by atoms with Crippen LogP contribution in [0.4, 0.5) is 34.1 Å². The van der Waals surface area contributed by atoms with Crippen molar-refractivity contribution < 1.29 is 4.74 Å². The molecule has 0 N–H and O–H groups in total. The Kier molecular flexibility index (Phi) is 12.3. The van der Waals surface area contributed by atoms with Crippen LogP contribution >= 0.6 is 0 Å². The molecule has 0 amide bonds. The third-order valence-electron chi connectivity index (χ3n) is 13.0. The minimum atomic E-state index is -0.385. The first-order chi connectivity index (χ1) is 31.4. The van der Waals surface area contributed by atoms with Gasteiger partial charge < -0.3 is 19.4 Å². The molecule has 0 unspecified atom stereocenters. The second-order valence-corrected chi connectivity index (χ2v) is 17.7. The van der Waals surface area contributed by atoms with E-state index in [2.05, 4.69) is 223 Å². The SMILES string of the molecule is C=CC1=C(C=C)N(c2ccc3c(c2)N(c2cc4ccccc4c4ccccc24)c2cc(N(/C(C=C)=C(\C)C=C)c4ccc(C(C)C)cc4C)ccc2C3(C)C)C(/C=C\C)=C(/C=C/CC)O1. The van der Waals surface area contributed by atoms with Crippen LogP contribution in [-0.4, -0.2) is 0 Å². The Morgan fingerprint density at radius 2 is 1.40 bits per heavy atom. The van der Waals surface area contributed by atoms with E-state index in [1.54, 1.807) is 6.08 Å². The topological polar surface area (TPSA) is 19.0 Å². The highest BCUT2D eigenvalue weighted by Crippen LogP contribution is 2.56. The molecule has 2 aliphatic rings. The highest BCUT2D eigenvalue weighted by atomic mass is 16.5. The molecule has 4 nitrogen and oxygen atoms in total. The summed E-state index contributed by atoms with van der Waals surface area (Å²) >= 11 is 0. The van der Waals surface area contributed by atoms with Gasteiger partial charge in [-0.15, -0.1) is 0 Å². The average Bonchev–Trinajstić information content (AvgIpc) is 3.32. The summed E-state index contributed by atoms with van der Waals surface area (Å²) in [6, 6.07) is 40.6. The van der Waals surface area contributed by atoms with Crippen molar-refractivity contribution in [2.75, 3.05) is 14.7 Å². The zero-order chi connectivity index (χ0) is 46.2. The van der Waals surface area contributed by atoms with Crippen LogP contribution in [0.2, 0.25) is 0 Å². The summed E-state index contributed by atoms with van der Waals surface area (Å²) in [7, 11) is 0. The fourth-order valence-corrected chi connectivity index (χ4v) is 9.58. The first-order valence-corrected chi connectivity index (χ1v) is 22.8. The van der Waals surface area contributed by atoms with Crippen molar-refractivity contribution in [3.05, 3.63) is 241 Å². The number of anilines is 6. The zero-order valence-electron chi connectivity index (χ0n) is 39.4. The molecule has 0 saturated heterocycles. The van der Waals surface area contributed by atoms with Gasteiger partial charge in [0, 0.05) is 33.6 Å². The summed E-state index contributed by atoms with van der Waals surface area (Å²) < 4.78 is 6.54. The fraction of sp³-hybridized carbons (Fsp3) is 0.180. The van der Waals surface area contributed by atoms with Crippen molar-refractivity contribution in [3.63, 3.8) is 0 Å². The van der Waals surface area contributed by atoms with E-state index >= 15 is 0 Å². The number of aryl methyl sites for hydroxylation is 1. The van der Waals surface area contributed by atoms with Gasteiger partial charge in [0.2, 0.25) is 0 Å². The number of allylic oxidation sites excluding steroid dienone is 9. The van der Waals surface area contributed by atoms with Gasteiger partial charge in [0.05, 0.1) is 28.5 Å². The zero-order valence-corrected chi connectivity index (χ0v) is 39.4. The van der Waals surface area contributed by atoms with Crippen LogP contribution in [0.5, 0.6) is 0 Å². The molecule has 8 rings (SSSR count). The molecule has 0 atom stereocenters. The molecule has 0 aliphatic carbocycles. The highest BCUT2D eigenvalue weighted by molar-refractivity contribution is 6.15. The lowest BCUT2D eigenvalue weighted by molar-refractivity contribution is 0.319. The minimum Gasteiger partial charge on any atom is -0.453 e. The lowest BCUT2D eigenvalue weighted by Crippen LogP contribution is -2.32. The largest absolute Gasteiger partial charge is 0.453 e. The van der Waals surface area contributed by atoms with Crippen molar-refractivity contribution in [1.82, 2.24) is 0 Å². The standard InChI is InChI=1S/C61H61N3O/c1-13-19-29-60-55(24-14-2)63(53(17-5)59(18-6)65-60)46-32-34-51-58(39-46)64(56-37-44-25-20-21-26-47(44)48-27-22-23-28-49(48)56)57-38-45(31-33-50(57)61(51,11)12)62(52(16-4)41(9)15-3)54-35-30-43(40(7)8)36-42(54)10/h14-40H,3-6,13H2,1-2,7-12H3/b24-14-,29-19+,52-41+. The van der Waals surface area contributed by atoms with Gasteiger partial charge in [0.15, 0.2) is 11.5 Å². The quantitative estimate of drug-likeness (QED) is 0.0851. The molecule has 6 aromatic carbocycles. The molecule has 0 saturated carbocycles. The number of hydrogen-bond acceptors (Lipinski definition) is 4. The number of hydrogen-bond donors (Lipinski definition) is 0. The maximum Gasteiger partial charge on any atom is 0.151 e. The number of ether oxygens (including phenoxy) is 1. The minimum absolute atomic E-state index is 0.385. The van der Waals surface area contributed by atoms with Gasteiger partial charge in [0.1, 0.15) is 0 Å². The summed E-state index contributed by atoms with van der Waals surface area (Å²) in [5.41, 5.74) is 14.7. The van der Waals surface area contributed by atoms with Crippen molar-refractivity contribution in [2.45, 2.75) is 73.1 Å². The van der Waals surface area contributed by atoms with Gasteiger partial charge in [-0.25, -0.2) is 0 Å². The van der Waals surface area contributed by atoms with Gasteiger partial charge in [-0.05, 0) is 144 Å². The summed E-state index contributed by atoms with van der Waals surface area (Å²) in [6.07, 6.45) is 16.7. The second-order valence-electron chi connectivity index (χ2n) is 17.7. The lowest BCUT2D eigenvalue weighted by atomic mass is 9.73. The molecule has 0 spiro atoms. The predicted octanol–water partition coefficient (Wildman–Crippen LogP) is 17.5. The number of nitrogens with zero attached hydrogens (tertiary/aromatic N) is 3. The van der Waals surface area contributed by atoms with Gasteiger partial charge >= 0.3 is 0 Å². The Morgan fingerprint density at radius 1 is 0.708 bits per heavy atom. The fourth-order valence-electron chi connectivity index (χ4n) is 9.58. The van der Waals surface area contributed by atoms with Crippen LogP contribution in [0.1, 0.15) is 83.1 Å². The van der Waals surface area contributed by atoms with Crippen LogP contribution in [0, 0.1) is 6.92 Å². The van der Waals surface area contributed by atoms with Crippen molar-refractivity contribution in [1.29, 1.82) is 0 Å². The van der Waals surface area contributed by atoms with E-state index in [0.29, 0.717) is 11.7 Å². The molecule has 6 aromatic rings. The van der Waals surface area contributed by atoms with Gasteiger partial charge in [-0.3, -0.25) is 0 Å². The third-order valence-corrected chi connectivity index (χ3v) is 13.0. The molecule has 0 bridgehead atoms. The van der Waals surface area contributed by atoms with Crippen molar-refractivity contribution >= 4 is 55.7 Å². The van der Waals surface area contributed by atoms with E-state index in [-0.39, 0.29) is 5.41 Å². The molecule has 0 fully saturated rings. The summed E-state index contributed by atoms with van der Waals surface area (Å²) in [5.74, 6) is 1.80. The Hall–Kier alpha value is -7.30. The molecule has 0 aromatic heterocycles. The Labute approximate surface area is 387 Å². The molecular weight excluding hydrogens is 791 g/mol. The number of rotatable bonds is 13. The summed E-state index contributed by atoms with van der Waals surface area (Å²) in [6.45, 7) is 34.7. The number of fused-ring (bicyclic) bond motifs is 5.